The third kappa shape index (κ3) is 2.42. The molecule has 0 amide bonds. The van der Waals surface area contributed by atoms with E-state index in [1.807, 2.05) is 0 Å². The summed E-state index contributed by atoms with van der Waals surface area (Å²) in [6, 6.07) is 8.16. The molecule has 0 bridgehead atoms. The second-order valence-electron chi connectivity index (χ2n) is 5.03. The van der Waals surface area contributed by atoms with Crippen molar-refractivity contribution in [3.63, 3.8) is 0 Å². The van der Waals surface area contributed by atoms with Crippen LogP contribution >= 0.6 is 0 Å². The first-order valence-corrected chi connectivity index (χ1v) is 6.61. The molecule has 104 valence electrons. The summed E-state index contributed by atoms with van der Waals surface area (Å²) in [5.74, 6) is 0.522. The van der Waals surface area contributed by atoms with Gasteiger partial charge in [0, 0.05) is 29.6 Å². The number of hydrogen-bond acceptors (Lipinski definition) is 5. The number of rotatable bonds is 3. The van der Waals surface area contributed by atoms with Gasteiger partial charge in [-0.1, -0.05) is 0 Å². The van der Waals surface area contributed by atoms with Crippen molar-refractivity contribution in [1.82, 2.24) is 4.98 Å². The molecule has 3 rings (SSSR count). The molecule has 1 aliphatic rings. The van der Waals surface area contributed by atoms with Gasteiger partial charge < -0.3 is 10.5 Å². The van der Waals surface area contributed by atoms with Crippen molar-refractivity contribution < 1.29 is 9.66 Å². The van der Waals surface area contributed by atoms with Gasteiger partial charge in [-0.15, -0.1) is 0 Å². The van der Waals surface area contributed by atoms with E-state index in [2.05, 4.69) is 4.98 Å². The largest absolute Gasteiger partial charge is 0.473 e. The van der Waals surface area contributed by atoms with Crippen molar-refractivity contribution >= 4 is 16.6 Å². The van der Waals surface area contributed by atoms with Crippen LogP contribution in [0.5, 0.6) is 5.88 Å². The van der Waals surface area contributed by atoms with Gasteiger partial charge in [0.1, 0.15) is 6.10 Å². The zero-order valence-electron chi connectivity index (χ0n) is 10.9. The van der Waals surface area contributed by atoms with Crippen molar-refractivity contribution in [3.05, 3.63) is 40.4 Å². The molecule has 6 heteroatoms. The minimum Gasteiger partial charge on any atom is -0.473 e. The van der Waals surface area contributed by atoms with E-state index in [1.54, 1.807) is 18.2 Å². The highest BCUT2D eigenvalue weighted by molar-refractivity contribution is 5.81. The Morgan fingerprint density at radius 1 is 1.30 bits per heavy atom. The Labute approximate surface area is 115 Å². The summed E-state index contributed by atoms with van der Waals surface area (Å²) < 4.78 is 5.80. The SMILES string of the molecule is NC1CCCC1Oc1ccc2cc([N+](=O)[O-])ccc2n1. The number of benzene rings is 1. The van der Waals surface area contributed by atoms with Crippen LogP contribution in [0.15, 0.2) is 30.3 Å². The lowest BCUT2D eigenvalue weighted by atomic mass is 10.2. The molecule has 2 N–H and O–H groups in total. The van der Waals surface area contributed by atoms with Crippen LogP contribution in [0.25, 0.3) is 10.9 Å². The van der Waals surface area contributed by atoms with Gasteiger partial charge in [-0.3, -0.25) is 10.1 Å². The van der Waals surface area contributed by atoms with Crippen molar-refractivity contribution in [2.45, 2.75) is 31.4 Å². The van der Waals surface area contributed by atoms with Crippen LogP contribution in [0.2, 0.25) is 0 Å². The summed E-state index contributed by atoms with van der Waals surface area (Å²) in [6.45, 7) is 0. The molecule has 1 aromatic heterocycles. The highest BCUT2D eigenvalue weighted by Crippen LogP contribution is 2.25. The minimum absolute atomic E-state index is 0.0120. The molecule has 1 saturated carbocycles. The van der Waals surface area contributed by atoms with E-state index in [4.69, 9.17) is 10.5 Å². The maximum atomic E-state index is 10.7. The van der Waals surface area contributed by atoms with Gasteiger partial charge in [-0.2, -0.15) is 0 Å². The van der Waals surface area contributed by atoms with E-state index >= 15 is 0 Å². The molecule has 0 spiro atoms. The summed E-state index contributed by atoms with van der Waals surface area (Å²) in [5, 5.41) is 11.4. The second kappa shape index (κ2) is 5.05. The second-order valence-corrected chi connectivity index (χ2v) is 5.03. The van der Waals surface area contributed by atoms with Gasteiger partial charge in [0.05, 0.1) is 10.4 Å². The Bertz CT molecular complexity index is 659. The summed E-state index contributed by atoms with van der Waals surface area (Å²) in [4.78, 5) is 14.7. The van der Waals surface area contributed by atoms with Crippen molar-refractivity contribution in [3.8, 4) is 5.88 Å². The molecule has 0 saturated heterocycles. The first-order chi connectivity index (χ1) is 9.63. The van der Waals surface area contributed by atoms with E-state index < -0.39 is 4.92 Å². The van der Waals surface area contributed by atoms with E-state index in [0.29, 0.717) is 11.4 Å². The van der Waals surface area contributed by atoms with Gasteiger partial charge in [0.2, 0.25) is 5.88 Å². The van der Waals surface area contributed by atoms with Crippen molar-refractivity contribution in [2.24, 2.45) is 5.73 Å². The minimum atomic E-state index is -0.415. The number of pyridine rings is 1. The number of ether oxygens (including phenoxy) is 1. The molecule has 0 aliphatic heterocycles. The lowest BCUT2D eigenvalue weighted by molar-refractivity contribution is -0.384. The van der Waals surface area contributed by atoms with E-state index in [9.17, 15) is 10.1 Å². The predicted octanol–water partition coefficient (Wildman–Crippen LogP) is 2.40. The normalized spacial score (nSPS) is 22.1. The van der Waals surface area contributed by atoms with Gasteiger partial charge >= 0.3 is 0 Å². The van der Waals surface area contributed by atoms with Crippen LogP contribution in [0.1, 0.15) is 19.3 Å². The highest BCUT2D eigenvalue weighted by atomic mass is 16.6. The smallest absolute Gasteiger partial charge is 0.270 e. The zero-order valence-corrected chi connectivity index (χ0v) is 10.9. The van der Waals surface area contributed by atoms with E-state index in [1.165, 1.54) is 12.1 Å². The summed E-state index contributed by atoms with van der Waals surface area (Å²) in [7, 11) is 0. The van der Waals surface area contributed by atoms with Crippen LogP contribution < -0.4 is 10.5 Å². The molecule has 1 aromatic carbocycles. The number of nitro groups is 1. The first kappa shape index (κ1) is 12.8. The van der Waals surface area contributed by atoms with Crippen LogP contribution in [-0.2, 0) is 0 Å². The maximum absolute atomic E-state index is 10.7. The topological polar surface area (TPSA) is 91.3 Å². The lowest BCUT2D eigenvalue weighted by Crippen LogP contribution is -2.33. The van der Waals surface area contributed by atoms with Crippen LogP contribution in [0.4, 0.5) is 5.69 Å². The Morgan fingerprint density at radius 3 is 2.85 bits per heavy atom. The zero-order chi connectivity index (χ0) is 14.1. The Morgan fingerprint density at radius 2 is 2.15 bits per heavy atom. The fourth-order valence-electron chi connectivity index (χ4n) is 2.53. The Kier molecular flexibility index (Phi) is 3.23. The van der Waals surface area contributed by atoms with Gasteiger partial charge in [-0.05, 0) is 31.4 Å². The average Bonchev–Trinajstić information content (AvgIpc) is 2.83. The molecule has 2 unspecified atom stereocenters. The Hall–Kier alpha value is -2.21. The number of hydrogen-bond donors (Lipinski definition) is 1. The number of nitrogens with two attached hydrogens (primary N) is 1. The summed E-state index contributed by atoms with van der Waals surface area (Å²) >= 11 is 0. The molecule has 20 heavy (non-hydrogen) atoms. The highest BCUT2D eigenvalue weighted by Gasteiger charge is 2.25. The van der Waals surface area contributed by atoms with Crippen LogP contribution in [0, 0.1) is 10.1 Å². The fourth-order valence-corrected chi connectivity index (χ4v) is 2.53. The average molecular weight is 273 g/mol. The molecule has 1 fully saturated rings. The number of nitro benzene ring substituents is 1. The molecule has 2 aromatic rings. The summed E-state index contributed by atoms with van der Waals surface area (Å²) in [6.07, 6.45) is 3.01. The molecule has 6 nitrogen and oxygen atoms in total. The molecule has 0 radical (unpaired) electrons. The van der Waals surface area contributed by atoms with Crippen LogP contribution in [0.3, 0.4) is 0 Å². The van der Waals surface area contributed by atoms with Crippen molar-refractivity contribution in [1.29, 1.82) is 0 Å². The first-order valence-electron chi connectivity index (χ1n) is 6.61. The standard InChI is InChI=1S/C14H15N3O3/c15-11-2-1-3-13(11)20-14-7-4-9-8-10(17(18)19)5-6-12(9)16-14/h4-8,11,13H,1-3,15H2. The van der Waals surface area contributed by atoms with E-state index in [0.717, 1.165) is 24.6 Å². The number of aromatic nitrogens is 1. The van der Waals surface area contributed by atoms with Gasteiger partial charge in [0.15, 0.2) is 0 Å². The number of nitrogens with zero attached hydrogens (tertiary/aromatic N) is 2. The molecular formula is C14H15N3O3. The fraction of sp³-hybridized carbons (Fsp3) is 0.357. The number of fused-ring (bicyclic) bond motifs is 1. The monoisotopic (exact) mass is 273 g/mol. The quantitative estimate of drug-likeness (QED) is 0.684. The third-order valence-electron chi connectivity index (χ3n) is 3.63. The van der Waals surface area contributed by atoms with Crippen molar-refractivity contribution in [2.75, 3.05) is 0 Å². The third-order valence-corrected chi connectivity index (χ3v) is 3.63. The maximum Gasteiger partial charge on any atom is 0.270 e. The number of non-ortho nitro benzene ring substituents is 1. The van der Waals surface area contributed by atoms with Gasteiger partial charge in [0.25, 0.3) is 5.69 Å². The molecular weight excluding hydrogens is 258 g/mol. The van der Waals surface area contributed by atoms with Crippen LogP contribution in [-0.4, -0.2) is 22.1 Å². The molecule has 1 heterocycles. The summed E-state index contributed by atoms with van der Waals surface area (Å²) in [5.41, 5.74) is 6.71. The van der Waals surface area contributed by atoms with Gasteiger partial charge in [-0.25, -0.2) is 4.98 Å². The Balaban J connectivity index is 1.87. The predicted molar refractivity (Wildman–Crippen MR) is 74.6 cm³/mol. The molecule has 2 atom stereocenters. The van der Waals surface area contributed by atoms with E-state index in [-0.39, 0.29) is 17.8 Å². The molecule has 1 aliphatic carbocycles. The lowest BCUT2D eigenvalue weighted by Gasteiger charge is -2.17.